The fourth-order valence-corrected chi connectivity index (χ4v) is 3.67. The molecular formula is C21H16Cl2F3N3. The lowest BCUT2D eigenvalue weighted by Crippen LogP contribution is -2.31. The number of rotatable bonds is 3. The van der Waals surface area contributed by atoms with Crippen molar-refractivity contribution >= 4 is 23.2 Å². The summed E-state index contributed by atoms with van der Waals surface area (Å²) in [5.41, 5.74) is 2.91. The van der Waals surface area contributed by atoms with E-state index in [4.69, 9.17) is 23.2 Å². The van der Waals surface area contributed by atoms with E-state index >= 15 is 0 Å². The van der Waals surface area contributed by atoms with E-state index in [1.807, 2.05) is 12.1 Å². The molecule has 8 heteroatoms. The van der Waals surface area contributed by atoms with Crippen molar-refractivity contribution in [1.82, 2.24) is 14.9 Å². The van der Waals surface area contributed by atoms with Crippen LogP contribution in [0.15, 0.2) is 48.7 Å². The molecule has 0 atom stereocenters. The molecule has 29 heavy (non-hydrogen) atoms. The van der Waals surface area contributed by atoms with Gasteiger partial charge in [0.15, 0.2) is 5.82 Å². The Kier molecular flexibility index (Phi) is 5.51. The highest BCUT2D eigenvalue weighted by molar-refractivity contribution is 6.42. The highest BCUT2D eigenvalue weighted by Gasteiger charge is 2.30. The maximum atomic E-state index is 12.7. The lowest BCUT2D eigenvalue weighted by Gasteiger charge is -2.28. The van der Waals surface area contributed by atoms with Crippen molar-refractivity contribution in [2.75, 3.05) is 6.54 Å². The van der Waals surface area contributed by atoms with Gasteiger partial charge in [0, 0.05) is 43.4 Å². The molecule has 0 saturated carbocycles. The predicted octanol–water partition coefficient (Wildman–Crippen LogP) is 6.03. The van der Waals surface area contributed by atoms with Crippen molar-refractivity contribution in [1.29, 1.82) is 0 Å². The Morgan fingerprint density at radius 3 is 2.45 bits per heavy atom. The van der Waals surface area contributed by atoms with E-state index < -0.39 is 11.7 Å². The Balaban J connectivity index is 1.49. The zero-order valence-electron chi connectivity index (χ0n) is 15.2. The van der Waals surface area contributed by atoms with Gasteiger partial charge in [0.25, 0.3) is 0 Å². The van der Waals surface area contributed by atoms with Crippen molar-refractivity contribution < 1.29 is 13.2 Å². The predicted molar refractivity (Wildman–Crippen MR) is 107 cm³/mol. The Labute approximate surface area is 176 Å². The Hall–Kier alpha value is -2.15. The van der Waals surface area contributed by atoms with Crippen molar-refractivity contribution in [3.05, 3.63) is 81.1 Å². The van der Waals surface area contributed by atoms with E-state index in [1.54, 1.807) is 12.3 Å². The number of fused-ring (bicyclic) bond motifs is 1. The second-order valence-electron chi connectivity index (χ2n) is 6.95. The van der Waals surface area contributed by atoms with E-state index in [1.165, 1.54) is 12.1 Å². The first-order valence-electron chi connectivity index (χ1n) is 8.98. The third-order valence-electron chi connectivity index (χ3n) is 4.87. The van der Waals surface area contributed by atoms with Gasteiger partial charge in [0.1, 0.15) is 0 Å². The fourth-order valence-electron chi connectivity index (χ4n) is 3.35. The van der Waals surface area contributed by atoms with Crippen LogP contribution in [0.5, 0.6) is 0 Å². The molecule has 2 aromatic carbocycles. The molecule has 150 valence electrons. The number of alkyl halides is 3. The number of hydrogen-bond donors (Lipinski definition) is 0. The van der Waals surface area contributed by atoms with Crippen molar-refractivity contribution in [3.63, 3.8) is 0 Å². The second-order valence-corrected chi connectivity index (χ2v) is 7.76. The standard InChI is InChI=1S/C21H16Cl2F3N3/c22-17-6-1-13(9-18(17)23)11-29-8-7-19-15(12-29)10-27-20(28-19)14-2-4-16(5-3-14)21(24,25)26/h1-6,9-10H,7-8,11-12H2. The quantitative estimate of drug-likeness (QED) is 0.500. The topological polar surface area (TPSA) is 29.0 Å². The van der Waals surface area contributed by atoms with Gasteiger partial charge in [-0.1, -0.05) is 41.4 Å². The molecule has 0 N–H and O–H groups in total. The first kappa shape index (κ1) is 20.1. The summed E-state index contributed by atoms with van der Waals surface area (Å²) in [6, 6.07) is 10.5. The molecule has 1 aromatic heterocycles. The van der Waals surface area contributed by atoms with Gasteiger partial charge in [-0.2, -0.15) is 13.2 Å². The zero-order valence-corrected chi connectivity index (χ0v) is 16.7. The summed E-state index contributed by atoms with van der Waals surface area (Å²) >= 11 is 12.1. The summed E-state index contributed by atoms with van der Waals surface area (Å²) in [5, 5.41) is 1.06. The SMILES string of the molecule is FC(F)(F)c1ccc(-c2ncc3c(n2)CCN(Cc2ccc(Cl)c(Cl)c2)C3)cc1. The third kappa shape index (κ3) is 4.55. The zero-order chi connectivity index (χ0) is 20.6. The van der Waals surface area contributed by atoms with Gasteiger partial charge >= 0.3 is 6.18 Å². The maximum absolute atomic E-state index is 12.7. The van der Waals surface area contributed by atoms with E-state index in [9.17, 15) is 13.2 Å². The van der Waals surface area contributed by atoms with Crippen LogP contribution in [0.3, 0.4) is 0 Å². The Morgan fingerprint density at radius 2 is 1.76 bits per heavy atom. The van der Waals surface area contributed by atoms with Crippen LogP contribution in [0.1, 0.15) is 22.4 Å². The minimum atomic E-state index is -4.35. The molecule has 0 bridgehead atoms. The Morgan fingerprint density at radius 1 is 1.00 bits per heavy atom. The molecule has 1 aliphatic heterocycles. The molecule has 0 unspecified atom stereocenters. The normalized spacial score (nSPS) is 14.7. The molecule has 0 spiro atoms. The molecule has 2 heterocycles. The lowest BCUT2D eigenvalue weighted by atomic mass is 10.1. The number of nitrogens with zero attached hydrogens (tertiary/aromatic N) is 3. The molecule has 3 nitrogen and oxygen atoms in total. The number of aromatic nitrogens is 2. The largest absolute Gasteiger partial charge is 0.416 e. The van der Waals surface area contributed by atoms with Crippen LogP contribution in [-0.4, -0.2) is 21.4 Å². The maximum Gasteiger partial charge on any atom is 0.416 e. The van der Waals surface area contributed by atoms with Crippen molar-refractivity contribution in [2.45, 2.75) is 25.7 Å². The fraction of sp³-hybridized carbons (Fsp3) is 0.238. The van der Waals surface area contributed by atoms with Gasteiger partial charge in [-0.3, -0.25) is 4.90 Å². The highest BCUT2D eigenvalue weighted by atomic mass is 35.5. The average molecular weight is 438 g/mol. The van der Waals surface area contributed by atoms with Gasteiger partial charge in [-0.15, -0.1) is 0 Å². The van der Waals surface area contributed by atoms with Gasteiger partial charge in [0.2, 0.25) is 0 Å². The molecule has 0 saturated heterocycles. The van der Waals surface area contributed by atoms with Gasteiger partial charge in [-0.05, 0) is 29.8 Å². The minimum Gasteiger partial charge on any atom is -0.294 e. The van der Waals surface area contributed by atoms with Crippen molar-refractivity contribution in [3.8, 4) is 11.4 Å². The first-order valence-corrected chi connectivity index (χ1v) is 9.74. The number of benzene rings is 2. The summed E-state index contributed by atoms with van der Waals surface area (Å²) in [6.45, 7) is 2.25. The molecule has 0 fully saturated rings. The van der Waals surface area contributed by atoms with Crippen molar-refractivity contribution in [2.24, 2.45) is 0 Å². The van der Waals surface area contributed by atoms with Gasteiger partial charge in [0.05, 0.1) is 21.3 Å². The summed E-state index contributed by atoms with van der Waals surface area (Å²) in [5.74, 6) is 0.440. The minimum absolute atomic E-state index is 0.440. The summed E-state index contributed by atoms with van der Waals surface area (Å²) in [4.78, 5) is 11.2. The van der Waals surface area contributed by atoms with Crippen LogP contribution in [0.4, 0.5) is 13.2 Å². The van der Waals surface area contributed by atoms with Crippen LogP contribution in [0.25, 0.3) is 11.4 Å². The molecule has 4 rings (SSSR count). The molecule has 0 radical (unpaired) electrons. The Bertz CT molecular complexity index is 1040. The van der Waals surface area contributed by atoms with Crippen LogP contribution < -0.4 is 0 Å². The van der Waals surface area contributed by atoms with E-state index in [2.05, 4.69) is 14.9 Å². The average Bonchev–Trinajstić information content (AvgIpc) is 2.70. The molecule has 1 aliphatic rings. The molecule has 0 amide bonds. The molecular weight excluding hydrogens is 422 g/mol. The number of halogens is 5. The summed E-state index contributed by atoms with van der Waals surface area (Å²) in [6.07, 6.45) is -1.85. The molecule has 3 aromatic rings. The van der Waals surface area contributed by atoms with E-state index in [0.29, 0.717) is 28.0 Å². The monoisotopic (exact) mass is 437 g/mol. The summed E-state index contributed by atoms with van der Waals surface area (Å²) < 4.78 is 38.2. The van der Waals surface area contributed by atoms with Crippen LogP contribution in [0.2, 0.25) is 10.0 Å². The number of hydrogen-bond acceptors (Lipinski definition) is 3. The highest BCUT2D eigenvalue weighted by Crippen LogP contribution is 2.31. The van der Waals surface area contributed by atoms with Gasteiger partial charge < -0.3 is 0 Å². The van der Waals surface area contributed by atoms with Crippen LogP contribution in [0, 0.1) is 0 Å². The summed E-state index contributed by atoms with van der Waals surface area (Å²) in [7, 11) is 0. The van der Waals surface area contributed by atoms with E-state index in [0.717, 1.165) is 48.5 Å². The smallest absolute Gasteiger partial charge is 0.294 e. The lowest BCUT2D eigenvalue weighted by molar-refractivity contribution is -0.137. The molecule has 0 aliphatic carbocycles. The van der Waals surface area contributed by atoms with Crippen LogP contribution >= 0.6 is 23.2 Å². The second kappa shape index (κ2) is 7.94. The van der Waals surface area contributed by atoms with Gasteiger partial charge in [-0.25, -0.2) is 9.97 Å². The third-order valence-corrected chi connectivity index (χ3v) is 5.61. The van der Waals surface area contributed by atoms with E-state index in [-0.39, 0.29) is 0 Å². The van der Waals surface area contributed by atoms with Crippen LogP contribution in [-0.2, 0) is 25.7 Å². The first-order chi connectivity index (χ1) is 13.8.